The molecule has 0 spiro atoms. The lowest BCUT2D eigenvalue weighted by Crippen LogP contribution is -2.33. The monoisotopic (exact) mass is 518 g/mol. The second kappa shape index (κ2) is 9.90. The molecule has 1 aliphatic heterocycles. The quantitative estimate of drug-likeness (QED) is 0.249. The first-order valence-electron chi connectivity index (χ1n) is 11.1. The number of nitrogens with two attached hydrogens (primary N) is 1. The molecule has 0 radical (unpaired) electrons. The fourth-order valence-electron chi connectivity index (χ4n) is 4.13. The van der Waals surface area contributed by atoms with Gasteiger partial charge in [0.1, 0.15) is 22.0 Å². The van der Waals surface area contributed by atoms with Crippen LogP contribution in [0, 0.1) is 0 Å². The van der Waals surface area contributed by atoms with Gasteiger partial charge in [-0.2, -0.15) is 12.7 Å². The number of nitrogen functional groups attached to an aromatic ring is 1. The van der Waals surface area contributed by atoms with Crippen molar-refractivity contribution in [3.05, 3.63) is 48.5 Å². The van der Waals surface area contributed by atoms with Gasteiger partial charge in [0.25, 0.3) is 10.1 Å². The van der Waals surface area contributed by atoms with Crippen molar-refractivity contribution >= 4 is 48.0 Å². The third kappa shape index (κ3) is 5.30. The summed E-state index contributed by atoms with van der Waals surface area (Å²) < 4.78 is 60.7. The molecule has 0 aromatic heterocycles. The molecule has 0 atom stereocenters. The Hall–Kier alpha value is -3.06. The summed E-state index contributed by atoms with van der Waals surface area (Å²) in [7, 11) is -8.36. The summed E-state index contributed by atoms with van der Waals surface area (Å²) in [5.74, 6) is -0.474. The summed E-state index contributed by atoms with van der Waals surface area (Å²) in [5, 5.41) is 19.2. The topological polar surface area (TPSA) is 163 Å². The van der Waals surface area contributed by atoms with E-state index in [9.17, 15) is 26.5 Å². The van der Waals surface area contributed by atoms with Gasteiger partial charge in [0.2, 0.25) is 10.0 Å². The molecule has 0 unspecified atom stereocenters. The average Bonchev–Trinajstić information content (AvgIpc) is 2.77. The number of rotatable bonds is 5. The summed E-state index contributed by atoms with van der Waals surface area (Å²) in [6, 6.07) is 11.2. The van der Waals surface area contributed by atoms with E-state index in [0.717, 1.165) is 38.2 Å². The van der Waals surface area contributed by atoms with Gasteiger partial charge in [0.05, 0.1) is 16.0 Å². The van der Waals surface area contributed by atoms with Crippen molar-refractivity contribution in [2.75, 3.05) is 18.8 Å². The first-order valence-corrected chi connectivity index (χ1v) is 14.0. The van der Waals surface area contributed by atoms with Crippen LogP contribution < -0.4 is 5.73 Å². The summed E-state index contributed by atoms with van der Waals surface area (Å²) in [5.41, 5.74) is 6.35. The van der Waals surface area contributed by atoms with E-state index >= 15 is 0 Å². The molecule has 10 nitrogen and oxygen atoms in total. The van der Waals surface area contributed by atoms with Crippen LogP contribution >= 0.6 is 0 Å². The van der Waals surface area contributed by atoms with Crippen LogP contribution in [0.2, 0.25) is 0 Å². The van der Waals surface area contributed by atoms with Crippen molar-refractivity contribution in [3.8, 4) is 5.75 Å². The predicted octanol–water partition coefficient (Wildman–Crippen LogP) is 4.74. The molecule has 3 aromatic carbocycles. The number of azo groups is 1. The average molecular weight is 519 g/mol. The summed E-state index contributed by atoms with van der Waals surface area (Å²) in [6.45, 7) is 0.877. The van der Waals surface area contributed by atoms with Crippen molar-refractivity contribution in [1.82, 2.24) is 4.31 Å². The van der Waals surface area contributed by atoms with Crippen LogP contribution in [0.4, 0.5) is 17.1 Å². The Labute approximate surface area is 203 Å². The minimum atomic E-state index is -4.55. The SMILES string of the molecule is Nc1ccc2cc(S(=O)(=O)O)cc(O)c2c1N=Nc1ccccc1S(=O)(=O)N1CCCCCCC1. The van der Waals surface area contributed by atoms with E-state index in [1.54, 1.807) is 12.1 Å². The lowest BCUT2D eigenvalue weighted by molar-refractivity contribution is 0.364. The Morgan fingerprint density at radius 1 is 0.857 bits per heavy atom. The second-order valence-electron chi connectivity index (χ2n) is 8.36. The van der Waals surface area contributed by atoms with Crippen LogP contribution in [0.3, 0.4) is 0 Å². The van der Waals surface area contributed by atoms with E-state index in [-0.39, 0.29) is 32.7 Å². The van der Waals surface area contributed by atoms with Crippen molar-refractivity contribution in [1.29, 1.82) is 0 Å². The van der Waals surface area contributed by atoms with Crippen molar-refractivity contribution in [2.45, 2.75) is 41.9 Å². The van der Waals surface area contributed by atoms with Gasteiger partial charge in [-0.3, -0.25) is 4.55 Å². The maximum atomic E-state index is 13.4. The summed E-state index contributed by atoms with van der Waals surface area (Å²) >= 11 is 0. The third-order valence-corrected chi connectivity index (χ3v) is 8.71. The number of anilines is 1. The van der Waals surface area contributed by atoms with Gasteiger partial charge in [-0.1, -0.05) is 37.5 Å². The standard InChI is InChI=1S/C23H26N4O6S2/c24-18-11-10-16-14-17(35(31,32)33)15-20(28)22(16)23(18)26-25-19-8-4-5-9-21(19)34(29,30)27-12-6-2-1-3-7-13-27/h4-5,8-11,14-15,28H,1-3,6-7,12-13,24H2,(H,31,32,33). The van der Waals surface area contributed by atoms with Crippen LogP contribution in [0.1, 0.15) is 32.1 Å². The lowest BCUT2D eigenvalue weighted by atomic mass is 10.1. The molecular weight excluding hydrogens is 492 g/mol. The zero-order valence-electron chi connectivity index (χ0n) is 18.8. The molecule has 1 heterocycles. The molecule has 12 heteroatoms. The second-order valence-corrected chi connectivity index (χ2v) is 11.7. The number of sulfonamides is 1. The molecule has 4 N–H and O–H groups in total. The molecule has 35 heavy (non-hydrogen) atoms. The van der Waals surface area contributed by atoms with E-state index < -0.39 is 30.8 Å². The first kappa shape index (κ1) is 25.0. The highest BCUT2D eigenvalue weighted by Crippen LogP contribution is 2.41. The van der Waals surface area contributed by atoms with Gasteiger partial charge in [-0.25, -0.2) is 8.42 Å². The minimum Gasteiger partial charge on any atom is -0.507 e. The highest BCUT2D eigenvalue weighted by Gasteiger charge is 2.27. The van der Waals surface area contributed by atoms with Crippen LogP contribution in [0.5, 0.6) is 5.75 Å². The molecular formula is C23H26N4O6S2. The Kier molecular flexibility index (Phi) is 7.08. The number of phenols is 1. The Morgan fingerprint density at radius 2 is 1.51 bits per heavy atom. The minimum absolute atomic E-state index is 0.0148. The Balaban J connectivity index is 1.78. The van der Waals surface area contributed by atoms with Gasteiger partial charge in [-0.15, -0.1) is 10.2 Å². The molecule has 0 amide bonds. The van der Waals surface area contributed by atoms with Crippen LogP contribution in [-0.4, -0.2) is 43.9 Å². The normalized spacial score (nSPS) is 16.4. The van der Waals surface area contributed by atoms with Gasteiger partial charge in [-0.05, 0) is 42.5 Å². The molecule has 0 aliphatic carbocycles. The predicted molar refractivity (Wildman–Crippen MR) is 132 cm³/mol. The molecule has 0 bridgehead atoms. The van der Waals surface area contributed by atoms with Gasteiger partial charge in [0.15, 0.2) is 0 Å². The zero-order chi connectivity index (χ0) is 25.2. The van der Waals surface area contributed by atoms with Crippen LogP contribution in [-0.2, 0) is 20.1 Å². The maximum Gasteiger partial charge on any atom is 0.294 e. The summed E-state index contributed by atoms with van der Waals surface area (Å²) in [4.78, 5) is -0.471. The molecule has 4 rings (SSSR count). The van der Waals surface area contributed by atoms with E-state index in [2.05, 4.69) is 10.2 Å². The van der Waals surface area contributed by atoms with Gasteiger partial charge in [0, 0.05) is 19.2 Å². The fraction of sp³-hybridized carbons (Fsp3) is 0.304. The van der Waals surface area contributed by atoms with E-state index in [4.69, 9.17) is 5.73 Å². The molecule has 3 aromatic rings. The molecule has 186 valence electrons. The number of aromatic hydroxyl groups is 1. The number of nitrogens with zero attached hydrogens (tertiary/aromatic N) is 3. The van der Waals surface area contributed by atoms with E-state index in [1.807, 2.05) is 0 Å². The number of fused-ring (bicyclic) bond motifs is 1. The van der Waals surface area contributed by atoms with Crippen molar-refractivity contribution < 1.29 is 26.5 Å². The van der Waals surface area contributed by atoms with E-state index in [0.29, 0.717) is 13.1 Å². The van der Waals surface area contributed by atoms with Crippen molar-refractivity contribution in [2.24, 2.45) is 10.2 Å². The largest absolute Gasteiger partial charge is 0.507 e. The smallest absolute Gasteiger partial charge is 0.294 e. The number of benzene rings is 3. The molecule has 1 aliphatic rings. The fourth-order valence-corrected chi connectivity index (χ4v) is 6.31. The third-order valence-electron chi connectivity index (χ3n) is 5.93. The van der Waals surface area contributed by atoms with Gasteiger partial charge < -0.3 is 10.8 Å². The van der Waals surface area contributed by atoms with Gasteiger partial charge >= 0.3 is 0 Å². The van der Waals surface area contributed by atoms with Crippen LogP contribution in [0.25, 0.3) is 10.8 Å². The van der Waals surface area contributed by atoms with Crippen molar-refractivity contribution in [3.63, 3.8) is 0 Å². The zero-order valence-corrected chi connectivity index (χ0v) is 20.5. The number of hydrogen-bond donors (Lipinski definition) is 3. The highest BCUT2D eigenvalue weighted by molar-refractivity contribution is 7.89. The highest BCUT2D eigenvalue weighted by atomic mass is 32.2. The number of phenolic OH excluding ortho intramolecular Hbond substituents is 1. The van der Waals surface area contributed by atoms with Crippen LogP contribution in [0.15, 0.2) is 68.6 Å². The summed E-state index contributed by atoms with van der Waals surface area (Å²) in [6.07, 6.45) is 4.65. The molecule has 1 fully saturated rings. The van der Waals surface area contributed by atoms with E-state index in [1.165, 1.54) is 34.6 Å². The molecule has 0 saturated carbocycles. The molecule has 1 saturated heterocycles. The Morgan fingerprint density at radius 3 is 2.20 bits per heavy atom. The first-order chi connectivity index (χ1) is 16.6. The Bertz CT molecular complexity index is 1500. The number of hydrogen-bond acceptors (Lipinski definition) is 8. The maximum absolute atomic E-state index is 13.4. The lowest BCUT2D eigenvalue weighted by Gasteiger charge is -2.24.